The topological polar surface area (TPSA) is 49.9 Å². The van der Waals surface area contributed by atoms with Crippen LogP contribution in [0.3, 0.4) is 0 Å². The van der Waals surface area contributed by atoms with Crippen LogP contribution in [0.5, 0.6) is 0 Å². The largest absolute Gasteiger partial charge is 0.354 e. The fourth-order valence-corrected chi connectivity index (χ4v) is 2.88. The van der Waals surface area contributed by atoms with Crippen LogP contribution in [0.15, 0.2) is 29.8 Å². The van der Waals surface area contributed by atoms with Crippen molar-refractivity contribution in [3.8, 4) is 0 Å². The van der Waals surface area contributed by atoms with Crippen molar-refractivity contribution in [2.45, 2.75) is 33.1 Å². The van der Waals surface area contributed by atoms with E-state index in [1.807, 2.05) is 24.3 Å². The molecule has 102 valence electrons. The molecule has 0 saturated heterocycles. The van der Waals surface area contributed by atoms with Crippen LogP contribution in [0.1, 0.15) is 49.2 Å². The van der Waals surface area contributed by atoms with Gasteiger partial charge in [-0.15, -0.1) is 0 Å². The Balaban J connectivity index is 2.27. The predicted octanol–water partition coefficient (Wildman–Crippen LogP) is 3.90. The first-order valence-electron chi connectivity index (χ1n) is 7.05. The quantitative estimate of drug-likeness (QED) is 0.857. The van der Waals surface area contributed by atoms with Gasteiger partial charge in [-0.05, 0) is 31.4 Å². The van der Waals surface area contributed by atoms with Crippen LogP contribution in [0.2, 0.25) is 0 Å². The molecule has 1 aromatic heterocycles. The fourth-order valence-electron chi connectivity index (χ4n) is 2.88. The monoisotopic (exact) mass is 267 g/mol. The Morgan fingerprint density at radius 2 is 1.85 bits per heavy atom. The molecule has 0 saturated carbocycles. The first-order valence-corrected chi connectivity index (χ1v) is 7.05. The van der Waals surface area contributed by atoms with E-state index in [0.717, 1.165) is 41.4 Å². The van der Waals surface area contributed by atoms with Gasteiger partial charge in [-0.2, -0.15) is 0 Å². The average Bonchev–Trinajstić information content (AvgIpc) is 2.84. The van der Waals surface area contributed by atoms with Crippen molar-refractivity contribution in [3.63, 3.8) is 0 Å². The third-order valence-electron chi connectivity index (χ3n) is 4.01. The van der Waals surface area contributed by atoms with Gasteiger partial charge in [0.15, 0.2) is 0 Å². The summed E-state index contributed by atoms with van der Waals surface area (Å²) in [5.74, 6) is -0.733. The molecule has 3 rings (SSSR count). The summed E-state index contributed by atoms with van der Waals surface area (Å²) < 4.78 is 0. The van der Waals surface area contributed by atoms with Crippen LogP contribution in [-0.4, -0.2) is 16.6 Å². The van der Waals surface area contributed by atoms with Crippen LogP contribution in [0.4, 0.5) is 0 Å². The number of carbonyl (C=O) groups is 2. The highest BCUT2D eigenvalue weighted by Gasteiger charge is 2.32. The normalized spacial score (nSPS) is 15.1. The second-order valence-corrected chi connectivity index (χ2v) is 5.29. The summed E-state index contributed by atoms with van der Waals surface area (Å²) >= 11 is 0. The summed E-state index contributed by atoms with van der Waals surface area (Å²) in [7, 11) is 0. The molecule has 1 aliphatic carbocycles. The van der Waals surface area contributed by atoms with Crippen molar-refractivity contribution in [2.24, 2.45) is 0 Å². The minimum Gasteiger partial charge on any atom is -0.354 e. The molecule has 3 heteroatoms. The highest BCUT2D eigenvalue weighted by molar-refractivity contribution is 6.54. The van der Waals surface area contributed by atoms with E-state index in [2.05, 4.69) is 11.9 Å². The van der Waals surface area contributed by atoms with E-state index in [1.54, 1.807) is 6.92 Å². The van der Waals surface area contributed by atoms with E-state index in [0.29, 0.717) is 11.1 Å². The minimum atomic E-state index is -0.379. The molecule has 1 aliphatic rings. The molecule has 0 atom stereocenters. The summed E-state index contributed by atoms with van der Waals surface area (Å²) in [6.45, 7) is 3.89. The molecule has 20 heavy (non-hydrogen) atoms. The lowest BCUT2D eigenvalue weighted by molar-refractivity contribution is -0.111. The average molecular weight is 267 g/mol. The smallest absolute Gasteiger partial charge is 0.235 e. The molecule has 0 radical (unpaired) electrons. The maximum atomic E-state index is 12.3. The van der Waals surface area contributed by atoms with E-state index >= 15 is 0 Å². The first kappa shape index (κ1) is 12.9. The molecule has 1 heterocycles. The number of Topliss-reactive ketones (excluding diaryl/α,β-unsaturated/α-hetero) is 2. The number of ketones is 2. The summed E-state index contributed by atoms with van der Waals surface area (Å²) in [6.07, 6.45) is 2.92. The van der Waals surface area contributed by atoms with Gasteiger partial charge in [0, 0.05) is 16.5 Å². The molecule has 3 nitrogen and oxygen atoms in total. The molecule has 0 aliphatic heterocycles. The molecule has 0 unspecified atom stereocenters. The number of rotatable bonds is 3. The predicted molar refractivity (Wildman–Crippen MR) is 79.8 cm³/mol. The number of fused-ring (bicyclic) bond motifs is 3. The zero-order valence-corrected chi connectivity index (χ0v) is 11.7. The van der Waals surface area contributed by atoms with Crippen LogP contribution < -0.4 is 0 Å². The maximum Gasteiger partial charge on any atom is 0.235 e. The Kier molecular flexibility index (Phi) is 3.05. The Bertz CT molecular complexity index is 749. The maximum absolute atomic E-state index is 12.3. The minimum absolute atomic E-state index is 0.353. The van der Waals surface area contributed by atoms with Crippen molar-refractivity contribution >= 4 is 28.0 Å². The van der Waals surface area contributed by atoms with Crippen molar-refractivity contribution in [2.75, 3.05) is 0 Å². The van der Waals surface area contributed by atoms with Gasteiger partial charge in [-0.1, -0.05) is 31.5 Å². The van der Waals surface area contributed by atoms with Crippen LogP contribution in [-0.2, 0) is 4.79 Å². The summed E-state index contributed by atoms with van der Waals surface area (Å²) in [5, 5.41) is 0.849. The number of carbonyl (C=O) groups excluding carboxylic acids is 2. The van der Waals surface area contributed by atoms with Gasteiger partial charge in [-0.3, -0.25) is 9.59 Å². The molecular weight excluding hydrogens is 250 g/mol. The van der Waals surface area contributed by atoms with E-state index < -0.39 is 0 Å². The number of unbranched alkanes of at least 4 members (excludes halogenated alkanes) is 1. The third-order valence-corrected chi connectivity index (χ3v) is 4.01. The zero-order chi connectivity index (χ0) is 14.3. The number of nitrogens with one attached hydrogen (secondary N) is 1. The Morgan fingerprint density at radius 1 is 1.10 bits per heavy atom. The van der Waals surface area contributed by atoms with Crippen molar-refractivity contribution in [3.05, 3.63) is 41.1 Å². The molecule has 0 amide bonds. The number of hydrogen-bond donors (Lipinski definition) is 1. The number of hydrogen-bond acceptors (Lipinski definition) is 2. The van der Waals surface area contributed by atoms with Crippen molar-refractivity contribution < 1.29 is 9.59 Å². The lowest BCUT2D eigenvalue weighted by Gasteiger charge is -2.16. The van der Waals surface area contributed by atoms with Crippen molar-refractivity contribution in [1.82, 2.24) is 4.98 Å². The lowest BCUT2D eigenvalue weighted by Crippen LogP contribution is -2.22. The zero-order valence-electron chi connectivity index (χ0n) is 11.7. The van der Waals surface area contributed by atoms with Gasteiger partial charge >= 0.3 is 0 Å². The number of aromatic amines is 1. The van der Waals surface area contributed by atoms with Gasteiger partial charge in [0.1, 0.15) is 0 Å². The standard InChI is InChI=1S/C17H17NO2/c1-3-4-7-11-10(2)16(19)17(20)14-12-8-5-6-9-13(12)18-15(11)14/h5-6,8-9,18H,3-4,7H2,1-2H3. The van der Waals surface area contributed by atoms with E-state index in [1.165, 1.54) is 0 Å². The van der Waals surface area contributed by atoms with Gasteiger partial charge in [0.2, 0.25) is 11.6 Å². The molecule has 1 N–H and O–H groups in total. The second-order valence-electron chi connectivity index (χ2n) is 5.29. The first-order chi connectivity index (χ1) is 9.65. The van der Waals surface area contributed by atoms with Crippen molar-refractivity contribution in [1.29, 1.82) is 0 Å². The van der Waals surface area contributed by atoms with Gasteiger partial charge < -0.3 is 4.98 Å². The van der Waals surface area contributed by atoms with Crippen LogP contribution in [0.25, 0.3) is 16.5 Å². The van der Waals surface area contributed by atoms with Gasteiger partial charge in [0.25, 0.3) is 0 Å². The number of aromatic nitrogens is 1. The highest BCUT2D eigenvalue weighted by atomic mass is 16.2. The number of benzene rings is 1. The fraction of sp³-hybridized carbons (Fsp3) is 0.294. The van der Waals surface area contributed by atoms with E-state index in [9.17, 15) is 9.59 Å². The Morgan fingerprint density at radius 3 is 2.60 bits per heavy atom. The molecular formula is C17H17NO2. The second kappa shape index (κ2) is 4.75. The number of allylic oxidation sites excluding steroid dienone is 2. The lowest BCUT2D eigenvalue weighted by atomic mass is 9.85. The number of para-hydroxylation sites is 1. The van der Waals surface area contributed by atoms with Gasteiger partial charge in [-0.25, -0.2) is 0 Å². The summed E-state index contributed by atoms with van der Waals surface area (Å²) in [6, 6.07) is 7.66. The molecule has 0 fully saturated rings. The van der Waals surface area contributed by atoms with E-state index in [-0.39, 0.29) is 11.6 Å². The number of H-pyrrole nitrogens is 1. The highest BCUT2D eigenvalue weighted by Crippen LogP contribution is 2.36. The van der Waals surface area contributed by atoms with E-state index in [4.69, 9.17) is 0 Å². The summed E-state index contributed by atoms with van der Waals surface area (Å²) in [4.78, 5) is 27.8. The Hall–Kier alpha value is -2.16. The Labute approximate surface area is 117 Å². The van der Waals surface area contributed by atoms with Gasteiger partial charge in [0.05, 0.1) is 11.3 Å². The third kappa shape index (κ3) is 1.73. The SMILES string of the molecule is CCCCC1=C(C)C(=O)C(=O)c2c1[nH]c1ccccc21. The van der Waals surface area contributed by atoms with Crippen LogP contribution in [0, 0.1) is 0 Å². The molecule has 2 aromatic rings. The summed E-state index contributed by atoms with van der Waals surface area (Å²) in [5.41, 5.74) is 3.93. The molecule has 0 spiro atoms. The molecule has 1 aromatic carbocycles. The molecule has 0 bridgehead atoms. The van der Waals surface area contributed by atoms with Crippen LogP contribution >= 0.6 is 0 Å².